The van der Waals surface area contributed by atoms with E-state index in [0.29, 0.717) is 17.0 Å². The molecule has 0 bridgehead atoms. The minimum atomic E-state index is 0.0688. The van der Waals surface area contributed by atoms with E-state index in [9.17, 15) is 10.1 Å². The molecule has 1 heterocycles. The minimum absolute atomic E-state index is 0.0688. The number of amides is 1. The average molecular weight is 353 g/mol. The first kappa shape index (κ1) is 17.3. The molecule has 1 aromatic rings. The van der Waals surface area contributed by atoms with Crippen molar-refractivity contribution in [2.45, 2.75) is 31.6 Å². The quantitative estimate of drug-likeness (QED) is 0.821. The Hall–Kier alpha value is -1.09. The van der Waals surface area contributed by atoms with E-state index < -0.39 is 0 Å². The average Bonchev–Trinajstić information content (AvgIpc) is 2.89. The molecule has 1 aliphatic heterocycles. The van der Waals surface area contributed by atoms with Crippen LogP contribution in [-0.4, -0.2) is 23.0 Å². The van der Waals surface area contributed by atoms with Crippen LogP contribution in [0.3, 0.4) is 0 Å². The van der Waals surface area contributed by atoms with E-state index in [-0.39, 0.29) is 17.2 Å². The smallest absolute Gasteiger partial charge is 0.221 e. The van der Waals surface area contributed by atoms with E-state index in [1.807, 2.05) is 26.0 Å². The first-order chi connectivity index (χ1) is 10.5. The molecule has 1 unspecified atom stereocenters. The third-order valence-electron chi connectivity index (χ3n) is 2.99. The molecule has 1 atom stereocenters. The molecule has 1 amide bonds. The van der Waals surface area contributed by atoms with Crippen molar-refractivity contribution < 1.29 is 4.79 Å². The predicted molar refractivity (Wildman–Crippen MR) is 95.7 cm³/mol. The highest BCUT2D eigenvalue weighted by Gasteiger charge is 2.26. The van der Waals surface area contributed by atoms with Gasteiger partial charge in [0.05, 0.1) is 9.81 Å². The summed E-state index contributed by atoms with van der Waals surface area (Å²) >= 11 is 9.16. The second-order valence-electron chi connectivity index (χ2n) is 5.26. The highest BCUT2D eigenvalue weighted by Crippen LogP contribution is 2.46. The number of rotatable bonds is 4. The van der Waals surface area contributed by atoms with Crippen LogP contribution in [0.25, 0.3) is 5.57 Å². The number of nitriles is 1. The predicted octanol–water partition coefficient (Wildman–Crippen LogP) is 4.30. The van der Waals surface area contributed by atoms with Crippen molar-refractivity contribution in [2.24, 2.45) is 0 Å². The van der Waals surface area contributed by atoms with Gasteiger partial charge in [-0.1, -0.05) is 23.7 Å². The van der Waals surface area contributed by atoms with Crippen LogP contribution in [0.15, 0.2) is 28.5 Å². The fourth-order valence-electron chi connectivity index (χ4n) is 2.05. The molecule has 6 heteroatoms. The summed E-state index contributed by atoms with van der Waals surface area (Å²) in [5, 5.41) is 13.2. The molecule has 0 saturated carbocycles. The monoisotopic (exact) mass is 352 g/mol. The van der Waals surface area contributed by atoms with Crippen molar-refractivity contribution in [1.82, 2.24) is 5.32 Å². The van der Waals surface area contributed by atoms with Crippen LogP contribution in [-0.2, 0) is 4.79 Å². The molecular weight excluding hydrogens is 336 g/mol. The van der Waals surface area contributed by atoms with Crippen molar-refractivity contribution in [1.29, 1.82) is 5.26 Å². The van der Waals surface area contributed by atoms with Crippen LogP contribution in [0.1, 0.15) is 25.8 Å². The first-order valence-electron chi connectivity index (χ1n) is 6.98. The molecule has 0 aliphatic carbocycles. The Morgan fingerprint density at radius 2 is 2.14 bits per heavy atom. The third-order valence-corrected chi connectivity index (χ3v) is 6.21. The Morgan fingerprint density at radius 1 is 1.45 bits per heavy atom. The first-order valence-corrected chi connectivity index (χ1v) is 9.23. The number of nitrogens with zero attached hydrogens (tertiary/aromatic N) is 1. The number of carbonyl (C=O) groups is 1. The topological polar surface area (TPSA) is 52.9 Å². The Kier molecular flexibility index (Phi) is 6.25. The summed E-state index contributed by atoms with van der Waals surface area (Å²) in [7, 11) is 0. The van der Waals surface area contributed by atoms with Gasteiger partial charge in [0.15, 0.2) is 0 Å². The van der Waals surface area contributed by atoms with E-state index in [1.165, 1.54) is 0 Å². The minimum Gasteiger partial charge on any atom is -0.354 e. The van der Waals surface area contributed by atoms with Gasteiger partial charge < -0.3 is 5.32 Å². The van der Waals surface area contributed by atoms with Gasteiger partial charge in [0.1, 0.15) is 6.07 Å². The second-order valence-corrected chi connectivity index (χ2v) is 8.29. The zero-order chi connectivity index (χ0) is 16.1. The zero-order valence-corrected chi connectivity index (χ0v) is 14.8. The molecule has 2 rings (SSSR count). The number of carbonyl (C=O) groups excluding carboxylic acids is 1. The summed E-state index contributed by atoms with van der Waals surface area (Å²) in [6.07, 6.45) is 0.485. The van der Waals surface area contributed by atoms with Gasteiger partial charge in [-0.3, -0.25) is 4.79 Å². The molecular formula is C16H17ClN2OS2. The van der Waals surface area contributed by atoms with Crippen molar-refractivity contribution in [2.75, 3.05) is 5.75 Å². The standard InChI is InChI=1S/C16H17ClN2OS2/c1-10(2)19-15(20)7-13-9-21-16(22-13)14(8-18)11-3-5-12(17)6-4-11/h3-6,10,13H,7,9H2,1-2H3,(H,19,20)/b16-14+. The third kappa shape index (κ3) is 4.70. The van der Waals surface area contributed by atoms with Crippen molar-refractivity contribution in [3.63, 3.8) is 0 Å². The molecule has 3 nitrogen and oxygen atoms in total. The van der Waals surface area contributed by atoms with Gasteiger partial charge in [0, 0.05) is 28.5 Å². The molecule has 22 heavy (non-hydrogen) atoms. The largest absolute Gasteiger partial charge is 0.354 e. The van der Waals surface area contributed by atoms with Gasteiger partial charge in [-0.25, -0.2) is 0 Å². The molecule has 1 N–H and O–H groups in total. The van der Waals surface area contributed by atoms with Crippen molar-refractivity contribution in [3.8, 4) is 6.07 Å². The van der Waals surface area contributed by atoms with Crippen LogP contribution in [0, 0.1) is 11.3 Å². The van der Waals surface area contributed by atoms with E-state index in [0.717, 1.165) is 15.6 Å². The Morgan fingerprint density at radius 3 is 2.73 bits per heavy atom. The highest BCUT2D eigenvalue weighted by molar-refractivity contribution is 8.25. The Bertz CT molecular complexity index is 620. The van der Waals surface area contributed by atoms with Gasteiger partial charge in [-0.15, -0.1) is 23.5 Å². The number of nitrogens with one attached hydrogen (secondary N) is 1. The number of halogens is 1. The molecule has 0 radical (unpaired) electrons. The van der Waals surface area contributed by atoms with Gasteiger partial charge in [-0.05, 0) is 31.5 Å². The highest BCUT2D eigenvalue weighted by atomic mass is 35.5. The van der Waals surface area contributed by atoms with Gasteiger partial charge in [-0.2, -0.15) is 5.26 Å². The second kappa shape index (κ2) is 7.96. The zero-order valence-electron chi connectivity index (χ0n) is 12.4. The normalized spacial score (nSPS) is 19.9. The maximum Gasteiger partial charge on any atom is 0.221 e. The molecule has 1 aromatic carbocycles. The number of hydrogen-bond acceptors (Lipinski definition) is 4. The lowest BCUT2D eigenvalue weighted by molar-refractivity contribution is -0.121. The van der Waals surface area contributed by atoms with E-state index >= 15 is 0 Å². The SMILES string of the molecule is CC(C)NC(=O)CC1CS/C(=C(/C#N)c2ccc(Cl)cc2)S1. The van der Waals surface area contributed by atoms with Gasteiger partial charge in [0.2, 0.25) is 5.91 Å². The molecule has 1 fully saturated rings. The van der Waals surface area contributed by atoms with E-state index in [1.54, 1.807) is 35.7 Å². The fourth-order valence-corrected chi connectivity index (χ4v) is 5.12. The number of hydrogen-bond donors (Lipinski definition) is 1. The van der Waals surface area contributed by atoms with Crippen LogP contribution in [0.5, 0.6) is 0 Å². The Labute approximate surface area is 144 Å². The maximum atomic E-state index is 11.8. The Balaban J connectivity index is 2.08. The summed E-state index contributed by atoms with van der Waals surface area (Å²) in [4.78, 5) is 11.8. The molecule has 1 aliphatic rings. The van der Waals surface area contributed by atoms with Crippen LogP contribution < -0.4 is 5.32 Å². The van der Waals surface area contributed by atoms with Gasteiger partial charge in [0.25, 0.3) is 0 Å². The summed E-state index contributed by atoms with van der Waals surface area (Å²) in [6.45, 7) is 3.90. The molecule has 0 spiro atoms. The summed E-state index contributed by atoms with van der Waals surface area (Å²) in [5.41, 5.74) is 1.53. The molecule has 0 aromatic heterocycles. The van der Waals surface area contributed by atoms with Crippen LogP contribution in [0.4, 0.5) is 0 Å². The van der Waals surface area contributed by atoms with Crippen molar-refractivity contribution in [3.05, 3.63) is 39.1 Å². The summed E-state index contributed by atoms with van der Waals surface area (Å²) in [5.74, 6) is 0.920. The number of thioether (sulfide) groups is 2. The van der Waals surface area contributed by atoms with Crippen LogP contribution >= 0.6 is 35.1 Å². The number of benzene rings is 1. The fraction of sp³-hybridized carbons (Fsp3) is 0.375. The lowest BCUT2D eigenvalue weighted by Gasteiger charge is -2.11. The van der Waals surface area contributed by atoms with E-state index in [2.05, 4.69) is 11.4 Å². The van der Waals surface area contributed by atoms with E-state index in [4.69, 9.17) is 11.6 Å². The molecule has 1 saturated heterocycles. The summed E-state index contributed by atoms with van der Waals surface area (Å²) in [6, 6.07) is 9.72. The lowest BCUT2D eigenvalue weighted by atomic mass is 10.1. The van der Waals surface area contributed by atoms with Gasteiger partial charge >= 0.3 is 0 Å². The van der Waals surface area contributed by atoms with Crippen LogP contribution in [0.2, 0.25) is 5.02 Å². The molecule has 116 valence electrons. The summed E-state index contributed by atoms with van der Waals surface area (Å²) < 4.78 is 0.993. The number of allylic oxidation sites excluding steroid dienone is 1. The maximum absolute atomic E-state index is 11.8. The lowest BCUT2D eigenvalue weighted by Crippen LogP contribution is -2.32. The van der Waals surface area contributed by atoms with Crippen molar-refractivity contribution >= 4 is 46.6 Å².